The van der Waals surface area contributed by atoms with Gasteiger partial charge in [0.05, 0.1) is 8.76 Å². The van der Waals surface area contributed by atoms with Gasteiger partial charge in [-0.1, -0.05) is 6.07 Å². The Labute approximate surface area is 144 Å². The molecule has 2 heterocycles. The highest BCUT2D eigenvalue weighted by atomic mass is 16.6. The van der Waals surface area contributed by atoms with E-state index in [4.69, 9.17) is 24.0 Å². The number of cyclic esters (lactones) is 1. The maximum atomic E-state index is 11.5. The molecular weight excluding hydrogens is 266 g/mol. The minimum Gasteiger partial charge on any atom is -0.447 e. The van der Waals surface area contributed by atoms with E-state index in [1.165, 1.54) is 18.2 Å². The summed E-state index contributed by atoms with van der Waals surface area (Å²) >= 11 is 0. The number of benzene rings is 1. The summed E-state index contributed by atoms with van der Waals surface area (Å²) in [7, 11) is 0. The van der Waals surface area contributed by atoms with E-state index in [2.05, 4.69) is 0 Å². The third kappa shape index (κ3) is 3.19. The minimum absolute atomic E-state index is 0.0664. The second-order valence-corrected chi connectivity index (χ2v) is 4.43. The zero-order valence-corrected chi connectivity index (χ0v) is 10.8. The molecule has 0 aliphatic carbocycles. The van der Waals surface area contributed by atoms with Crippen LogP contribution >= 0.6 is 0 Å². The molecule has 0 radical (unpaired) electrons. The highest BCUT2D eigenvalue weighted by molar-refractivity contribution is 5.84. The average molecular weight is 301 g/mol. The molecule has 1 atom stereocenters. The van der Waals surface area contributed by atoms with Crippen LogP contribution in [0.4, 0.5) is 4.79 Å². The van der Waals surface area contributed by atoms with E-state index in [-0.39, 0.29) is 22.9 Å². The number of ether oxygens (including phenoxy) is 1. The molecule has 21 heavy (non-hydrogen) atoms. The van der Waals surface area contributed by atoms with Gasteiger partial charge < -0.3 is 19.9 Å². The molecule has 0 bridgehead atoms. The van der Waals surface area contributed by atoms with Crippen molar-refractivity contribution >= 4 is 17.0 Å². The number of carbonyl (C=O) groups excluding carboxylic acids is 1. The zero-order valence-electron chi connectivity index (χ0n) is 24.8. The second kappa shape index (κ2) is 5.77. The number of hydrogen-bond acceptors (Lipinski definition) is 3. The molecule has 0 unspecified atom stereocenters. The quantitative estimate of drug-likeness (QED) is 0.887. The predicted octanol–water partition coefficient (Wildman–Crippen LogP) is 1.92. The molecule has 1 saturated heterocycles. The van der Waals surface area contributed by atoms with Gasteiger partial charge in [0.25, 0.3) is 0 Å². The largest absolute Gasteiger partial charge is 0.447 e. The number of aryl methyl sites for hydroxylation is 1. The number of hydrogen-bond donors (Lipinski definition) is 2. The van der Waals surface area contributed by atoms with Crippen molar-refractivity contribution in [3.05, 3.63) is 35.5 Å². The van der Waals surface area contributed by atoms with E-state index in [1.54, 1.807) is 0 Å². The highest BCUT2D eigenvalue weighted by Crippen LogP contribution is 2.21. The average Bonchev–Trinajstić information content (AvgIpc) is 3.06. The van der Waals surface area contributed by atoms with Crippen molar-refractivity contribution in [3.8, 4) is 0 Å². The Morgan fingerprint density at radius 1 is 1.67 bits per heavy atom. The molecule has 0 spiro atoms. The number of nitrogens with one attached hydrogen (secondary N) is 2. The fraction of sp³-hybridized carbons (Fsp3) is 0.438. The van der Waals surface area contributed by atoms with Crippen LogP contribution in [0.1, 0.15) is 27.6 Å². The number of aromatic amines is 1. The summed E-state index contributed by atoms with van der Waals surface area (Å²) in [5, 5.41) is 0.129. The number of nitrogens with zero attached hydrogens (tertiary/aromatic N) is 1. The third-order valence-electron chi connectivity index (χ3n) is 2.93. The van der Waals surface area contributed by atoms with Gasteiger partial charge >= 0.3 is 6.09 Å². The summed E-state index contributed by atoms with van der Waals surface area (Å²) in [6, 6.07) is 2.09. The smallest absolute Gasteiger partial charge is 0.407 e. The Balaban J connectivity index is 2.19. The number of carbonyl (C=O) groups is 1. The molecule has 2 aromatic rings. The van der Waals surface area contributed by atoms with Gasteiger partial charge in [-0.2, -0.15) is 0 Å². The van der Waals surface area contributed by atoms with Gasteiger partial charge in [-0.15, -0.1) is 0 Å². The number of aromatic nitrogens is 1. The van der Waals surface area contributed by atoms with Gasteiger partial charge in [-0.3, -0.25) is 0 Å². The Bertz CT molecular complexity index is 1140. The van der Waals surface area contributed by atoms with E-state index in [0.29, 0.717) is 10.3 Å². The molecule has 3 rings (SSSR count). The monoisotopic (exact) mass is 301 g/mol. The Morgan fingerprint density at radius 3 is 3.33 bits per heavy atom. The van der Waals surface area contributed by atoms with E-state index in [1.807, 2.05) is 0 Å². The Morgan fingerprint density at radius 2 is 2.57 bits per heavy atom. The lowest BCUT2D eigenvalue weighted by molar-refractivity contribution is 0.177. The normalized spacial score (nSPS) is 34.5. The van der Waals surface area contributed by atoms with E-state index >= 15 is 0 Å². The van der Waals surface area contributed by atoms with Crippen LogP contribution < -0.4 is 5.31 Å². The molecule has 5 nitrogen and oxygen atoms in total. The lowest BCUT2D eigenvalue weighted by Gasteiger charge is -2.09. The Kier molecular flexibility index (Phi) is 1.38. The summed E-state index contributed by atoms with van der Waals surface area (Å²) in [6.45, 7) is -11.3. The van der Waals surface area contributed by atoms with Crippen molar-refractivity contribution in [2.75, 3.05) is 27.1 Å². The standard InChI is InChI=1S/C16H21N3O2/c1-19(2)6-5-12-9-17-15-4-3-11(8-14(12)15)7-13-10-21-16(20)18-13/h3-4,8-9,13,17H,5-7,10H2,1-2H3,(H,18,20)/t13-/m0/s1/i1D3,2D3,5D2,6D2,9D,13D/hD2. The molecule has 1 aliphatic heterocycles. The van der Waals surface area contributed by atoms with E-state index in [0.717, 1.165) is 0 Å². The summed E-state index contributed by atoms with van der Waals surface area (Å²) in [5.74, 6) is 0. The molecule has 1 amide bonds. The van der Waals surface area contributed by atoms with Gasteiger partial charge in [-0.25, -0.2) is 4.79 Å². The molecule has 1 aromatic carbocycles. The van der Waals surface area contributed by atoms with Crippen LogP contribution in [0, 0.1) is 0 Å². The van der Waals surface area contributed by atoms with Crippen LogP contribution in [0.5, 0.6) is 0 Å². The van der Waals surface area contributed by atoms with Crippen molar-refractivity contribution in [2.24, 2.45) is 0 Å². The summed E-state index contributed by atoms with van der Waals surface area (Å²) in [6.07, 6.45) is -5.58. The van der Waals surface area contributed by atoms with Crippen LogP contribution in [0.25, 0.3) is 10.9 Å². The summed E-state index contributed by atoms with van der Waals surface area (Å²) in [5.41, 5.74) is -0.591. The third-order valence-corrected chi connectivity index (χ3v) is 2.93. The lowest BCUT2D eigenvalue weighted by atomic mass is 10.0. The van der Waals surface area contributed by atoms with Crippen LogP contribution in [0.3, 0.4) is 0 Å². The van der Waals surface area contributed by atoms with Crippen molar-refractivity contribution in [2.45, 2.75) is 18.8 Å². The number of amides is 1. The number of fused-ring (bicyclic) bond motifs is 1. The number of alkyl carbamates (subject to hydrolysis) is 1. The van der Waals surface area contributed by atoms with Gasteiger partial charge in [0.1, 0.15) is 6.61 Å². The van der Waals surface area contributed by atoms with Gasteiger partial charge in [-0.05, 0) is 50.0 Å². The van der Waals surface area contributed by atoms with Crippen LogP contribution in [-0.2, 0) is 17.5 Å². The van der Waals surface area contributed by atoms with Crippen molar-refractivity contribution in [1.29, 1.82) is 0 Å². The van der Waals surface area contributed by atoms with E-state index in [9.17, 15) is 4.79 Å². The number of H-pyrrole nitrogens is 1. The number of likely N-dealkylation sites (N-methyl/N-ethyl adjacent to an activating group) is 1. The van der Waals surface area contributed by atoms with Gasteiger partial charge in [0.2, 0.25) is 0 Å². The minimum atomic E-state index is -3.70. The molecule has 1 fully saturated rings. The fourth-order valence-electron chi connectivity index (χ4n) is 2.04. The maximum absolute atomic E-state index is 11.5. The van der Waals surface area contributed by atoms with Crippen LogP contribution in [0.15, 0.2) is 24.4 Å². The number of rotatable bonds is 5. The lowest BCUT2D eigenvalue weighted by Crippen LogP contribution is -2.28. The molecule has 1 aromatic heterocycles. The van der Waals surface area contributed by atoms with Crippen molar-refractivity contribution < 1.29 is 28.8 Å². The maximum Gasteiger partial charge on any atom is 0.407 e. The zero-order chi connectivity index (χ0) is 26.9. The van der Waals surface area contributed by atoms with Gasteiger partial charge in [0, 0.05) is 37.3 Å². The topological polar surface area (TPSA) is 57.4 Å². The highest BCUT2D eigenvalue weighted by Gasteiger charge is 2.22. The Hall–Kier alpha value is -2.01. The van der Waals surface area contributed by atoms with Crippen molar-refractivity contribution in [1.82, 2.24) is 15.2 Å². The predicted molar refractivity (Wildman–Crippen MR) is 82.5 cm³/mol. The molecular formula is C16H21N3O2. The van der Waals surface area contributed by atoms with Gasteiger partial charge in [0.15, 0.2) is 2.82 Å². The first-order valence-electron chi connectivity index (χ1n) is 13.0. The van der Waals surface area contributed by atoms with Crippen molar-refractivity contribution in [3.63, 3.8) is 0 Å². The first-order chi connectivity index (χ1) is 15.7. The van der Waals surface area contributed by atoms with Crippen LogP contribution in [-0.4, -0.2) is 49.0 Å². The fourth-order valence-corrected chi connectivity index (χ4v) is 2.04. The van der Waals surface area contributed by atoms with E-state index < -0.39 is 62.2 Å². The molecule has 0 saturated carbocycles. The second-order valence-electron chi connectivity index (χ2n) is 4.43. The van der Waals surface area contributed by atoms with Crippen LogP contribution in [0.2, 0.25) is 2.82 Å². The molecule has 5 heteroatoms. The molecule has 2 N–H and O–H groups in total. The molecule has 1 aliphatic rings. The SMILES string of the molecule is [2H]c1c(C([2H])([2H])C([2H])([2H])N(C([2H])([2H])[2H])C([2H])([2H])[2H])c2cc(C[C@@]3([2H])COC(=O)N3[2H])ccc2n1[2H]. The summed E-state index contributed by atoms with van der Waals surface area (Å²) < 4.78 is 116. The first-order valence-corrected chi connectivity index (χ1v) is 6.06. The molecule has 112 valence electrons. The summed E-state index contributed by atoms with van der Waals surface area (Å²) in [4.78, 5) is 11.4. The first kappa shape index (κ1) is 5.02.